The fourth-order valence-electron chi connectivity index (χ4n) is 2.45. The molecule has 0 fully saturated rings. The highest BCUT2D eigenvalue weighted by molar-refractivity contribution is 6.01. The molecule has 0 radical (unpaired) electrons. The molecule has 1 aliphatic carbocycles. The summed E-state index contributed by atoms with van der Waals surface area (Å²) in [5, 5.41) is 9.00. The predicted molar refractivity (Wildman–Crippen MR) is 71.5 cm³/mol. The molecule has 0 saturated carbocycles. The molecule has 1 aliphatic rings. The number of fused-ring (bicyclic) bond motifs is 1. The molecule has 0 aliphatic heterocycles. The molecular weight excluding hydrogens is 240 g/mol. The van der Waals surface area contributed by atoms with Crippen LogP contribution in [0.3, 0.4) is 0 Å². The lowest BCUT2D eigenvalue weighted by atomic mass is 9.99. The normalized spacial score (nSPS) is 13.4. The Labute approximate surface area is 110 Å². The van der Waals surface area contributed by atoms with Crippen LogP contribution in [0.2, 0.25) is 0 Å². The monoisotopic (exact) mass is 252 g/mol. The van der Waals surface area contributed by atoms with Gasteiger partial charge in [-0.15, -0.1) is 0 Å². The fraction of sp³-hybridized carbons (Fsp3) is 0.125. The molecule has 0 heterocycles. The van der Waals surface area contributed by atoms with Crippen molar-refractivity contribution in [1.29, 1.82) is 0 Å². The Hall–Kier alpha value is -2.42. The van der Waals surface area contributed by atoms with E-state index in [1.165, 1.54) is 0 Å². The Morgan fingerprint density at radius 1 is 1.00 bits per heavy atom. The molecule has 3 nitrogen and oxygen atoms in total. The highest BCUT2D eigenvalue weighted by atomic mass is 16.4. The molecule has 0 unspecified atom stereocenters. The Morgan fingerprint density at radius 3 is 2.58 bits per heavy atom. The summed E-state index contributed by atoms with van der Waals surface area (Å²) in [4.78, 5) is 22.7. The average molecular weight is 252 g/mol. The van der Waals surface area contributed by atoms with Gasteiger partial charge in [-0.3, -0.25) is 4.79 Å². The van der Waals surface area contributed by atoms with Crippen molar-refractivity contribution >= 4 is 11.8 Å². The molecular formula is C16H12O3. The van der Waals surface area contributed by atoms with Crippen LogP contribution in [0.4, 0.5) is 0 Å². The van der Waals surface area contributed by atoms with Crippen molar-refractivity contribution in [3.8, 4) is 11.1 Å². The molecule has 0 spiro atoms. The molecule has 2 aromatic rings. The summed E-state index contributed by atoms with van der Waals surface area (Å²) in [6.07, 6.45) is 1.39. The van der Waals surface area contributed by atoms with Gasteiger partial charge < -0.3 is 5.11 Å². The maximum absolute atomic E-state index is 11.7. The maximum atomic E-state index is 11.7. The van der Waals surface area contributed by atoms with Crippen LogP contribution >= 0.6 is 0 Å². The largest absolute Gasteiger partial charge is 0.478 e. The number of benzene rings is 2. The van der Waals surface area contributed by atoms with Gasteiger partial charge in [0.2, 0.25) is 0 Å². The first kappa shape index (κ1) is 11.7. The number of carboxylic acids is 1. The van der Waals surface area contributed by atoms with Crippen molar-refractivity contribution in [2.75, 3.05) is 0 Å². The second-order valence-electron chi connectivity index (χ2n) is 4.68. The van der Waals surface area contributed by atoms with Crippen LogP contribution in [0.25, 0.3) is 11.1 Å². The van der Waals surface area contributed by atoms with Crippen molar-refractivity contribution in [3.63, 3.8) is 0 Å². The van der Waals surface area contributed by atoms with Crippen LogP contribution in [0.5, 0.6) is 0 Å². The van der Waals surface area contributed by atoms with Crippen LogP contribution in [0, 0.1) is 0 Å². The standard InChI is InChI=1S/C16H12O3/c17-15-7-6-10-4-5-12(9-14(10)15)11-2-1-3-13(8-11)16(18)19/h1-5,8-9H,6-7H2,(H,18,19). The zero-order valence-corrected chi connectivity index (χ0v) is 10.2. The van der Waals surface area contributed by atoms with E-state index in [1.807, 2.05) is 24.3 Å². The van der Waals surface area contributed by atoms with Crippen molar-refractivity contribution in [2.45, 2.75) is 12.8 Å². The van der Waals surface area contributed by atoms with Crippen LogP contribution in [0.15, 0.2) is 42.5 Å². The smallest absolute Gasteiger partial charge is 0.335 e. The van der Waals surface area contributed by atoms with Crippen LogP contribution in [0.1, 0.15) is 32.7 Å². The molecule has 0 amide bonds. The molecule has 3 rings (SSSR count). The summed E-state index contributed by atoms with van der Waals surface area (Å²) < 4.78 is 0. The Kier molecular flexibility index (Phi) is 2.67. The first-order valence-electron chi connectivity index (χ1n) is 6.15. The number of aromatic carboxylic acids is 1. The van der Waals surface area contributed by atoms with E-state index >= 15 is 0 Å². The number of hydrogen-bond donors (Lipinski definition) is 1. The number of hydrogen-bond acceptors (Lipinski definition) is 2. The highest BCUT2D eigenvalue weighted by Crippen LogP contribution is 2.28. The molecule has 19 heavy (non-hydrogen) atoms. The molecule has 3 heteroatoms. The number of carbonyl (C=O) groups excluding carboxylic acids is 1. The van der Waals surface area contributed by atoms with E-state index in [0.717, 1.165) is 28.7 Å². The lowest BCUT2D eigenvalue weighted by Crippen LogP contribution is -1.96. The third-order valence-electron chi connectivity index (χ3n) is 3.47. The van der Waals surface area contributed by atoms with E-state index in [4.69, 9.17) is 5.11 Å². The van der Waals surface area contributed by atoms with Gasteiger partial charge in [0.15, 0.2) is 5.78 Å². The van der Waals surface area contributed by atoms with Gasteiger partial charge in [-0.2, -0.15) is 0 Å². The van der Waals surface area contributed by atoms with Gasteiger partial charge in [-0.25, -0.2) is 4.79 Å². The summed E-state index contributed by atoms with van der Waals surface area (Å²) in [6.45, 7) is 0. The Balaban J connectivity index is 2.08. The minimum absolute atomic E-state index is 0.172. The zero-order valence-electron chi connectivity index (χ0n) is 10.2. The predicted octanol–water partition coefficient (Wildman–Crippen LogP) is 3.18. The summed E-state index contributed by atoms with van der Waals surface area (Å²) >= 11 is 0. The van der Waals surface area contributed by atoms with Crippen LogP contribution in [-0.2, 0) is 6.42 Å². The number of aryl methyl sites for hydroxylation is 1. The summed E-state index contributed by atoms with van der Waals surface area (Å²) in [5.41, 5.74) is 3.82. The molecule has 0 bridgehead atoms. The quantitative estimate of drug-likeness (QED) is 0.893. The third kappa shape index (κ3) is 2.03. The van der Waals surface area contributed by atoms with Gasteiger partial charge >= 0.3 is 5.97 Å². The number of ketones is 1. The Bertz CT molecular complexity index is 686. The molecule has 0 saturated heterocycles. The van der Waals surface area contributed by atoms with E-state index in [-0.39, 0.29) is 11.3 Å². The topological polar surface area (TPSA) is 54.4 Å². The van der Waals surface area contributed by atoms with Gasteiger partial charge in [0.1, 0.15) is 0 Å². The minimum Gasteiger partial charge on any atom is -0.478 e. The van der Waals surface area contributed by atoms with Crippen molar-refractivity contribution < 1.29 is 14.7 Å². The lowest BCUT2D eigenvalue weighted by Gasteiger charge is -2.05. The number of carbonyl (C=O) groups is 2. The average Bonchev–Trinajstić information content (AvgIpc) is 2.80. The van der Waals surface area contributed by atoms with Gasteiger partial charge in [0.25, 0.3) is 0 Å². The van der Waals surface area contributed by atoms with Gasteiger partial charge in [0.05, 0.1) is 5.56 Å². The fourth-order valence-corrected chi connectivity index (χ4v) is 2.45. The maximum Gasteiger partial charge on any atom is 0.335 e. The van der Waals surface area contributed by atoms with Gasteiger partial charge in [-0.1, -0.05) is 24.3 Å². The van der Waals surface area contributed by atoms with Crippen molar-refractivity contribution in [3.05, 3.63) is 59.2 Å². The van der Waals surface area contributed by atoms with E-state index in [2.05, 4.69) is 0 Å². The Morgan fingerprint density at radius 2 is 1.79 bits per heavy atom. The first-order chi connectivity index (χ1) is 9.15. The second-order valence-corrected chi connectivity index (χ2v) is 4.68. The summed E-state index contributed by atoms with van der Waals surface area (Å²) in [6, 6.07) is 12.5. The van der Waals surface area contributed by atoms with Gasteiger partial charge in [-0.05, 0) is 41.3 Å². The number of carboxylic acid groups (broad SMARTS) is 1. The van der Waals surface area contributed by atoms with E-state index < -0.39 is 5.97 Å². The summed E-state index contributed by atoms with van der Waals surface area (Å²) in [7, 11) is 0. The zero-order chi connectivity index (χ0) is 13.4. The SMILES string of the molecule is O=C(O)c1cccc(-c2ccc3c(c2)C(=O)CC3)c1. The van der Waals surface area contributed by atoms with Gasteiger partial charge in [0, 0.05) is 12.0 Å². The van der Waals surface area contributed by atoms with Crippen LogP contribution in [-0.4, -0.2) is 16.9 Å². The van der Waals surface area contributed by atoms with Crippen molar-refractivity contribution in [1.82, 2.24) is 0 Å². The second kappa shape index (κ2) is 4.35. The van der Waals surface area contributed by atoms with E-state index in [9.17, 15) is 9.59 Å². The van der Waals surface area contributed by atoms with E-state index in [0.29, 0.717) is 6.42 Å². The molecule has 2 aromatic carbocycles. The van der Waals surface area contributed by atoms with Crippen molar-refractivity contribution in [2.24, 2.45) is 0 Å². The van der Waals surface area contributed by atoms with Crippen LogP contribution < -0.4 is 0 Å². The number of rotatable bonds is 2. The minimum atomic E-state index is -0.945. The molecule has 1 N–H and O–H groups in total. The highest BCUT2D eigenvalue weighted by Gasteiger charge is 2.19. The summed E-state index contributed by atoms with van der Waals surface area (Å²) in [5.74, 6) is -0.773. The number of Topliss-reactive ketones (excluding diaryl/α,β-unsaturated/α-hetero) is 1. The molecule has 0 atom stereocenters. The lowest BCUT2D eigenvalue weighted by molar-refractivity contribution is 0.0696. The molecule has 94 valence electrons. The third-order valence-corrected chi connectivity index (χ3v) is 3.47. The van der Waals surface area contributed by atoms with E-state index in [1.54, 1.807) is 18.2 Å². The first-order valence-corrected chi connectivity index (χ1v) is 6.15. The molecule has 0 aromatic heterocycles.